The lowest BCUT2D eigenvalue weighted by atomic mass is 9.43. The average Bonchev–Trinajstić information content (AvgIpc) is 2.86. The molecule has 0 amide bonds. The Hall–Kier alpha value is -0.0800. The largest absolute Gasteiger partial charge is 0.393 e. The van der Waals surface area contributed by atoms with Gasteiger partial charge in [0.2, 0.25) is 0 Å². The standard InChI is InChI=1S/C22H38O2/c1-13(2)16-5-6-17-20-18(8-10-22(16,17)4)21(3)9-7-15(23)11-14(21)12-19(20)24/h13-20,23-24H,5-12H2,1-4H3/t14-,15?,16+,17?,18?,19-,20-,21-,22+/m0/s1. The molecule has 9 atom stereocenters. The molecule has 0 radical (unpaired) electrons. The molecule has 0 saturated heterocycles. The molecule has 0 aromatic heterocycles. The van der Waals surface area contributed by atoms with Gasteiger partial charge < -0.3 is 10.2 Å². The Bertz CT molecular complexity index is 488. The molecule has 0 aromatic carbocycles. The molecule has 0 aromatic rings. The smallest absolute Gasteiger partial charge is 0.0577 e. The summed E-state index contributed by atoms with van der Waals surface area (Å²) in [6, 6.07) is 0. The average molecular weight is 335 g/mol. The highest BCUT2D eigenvalue weighted by molar-refractivity contribution is 5.11. The molecule has 2 nitrogen and oxygen atoms in total. The Kier molecular flexibility index (Phi) is 4.12. The Morgan fingerprint density at radius 2 is 1.50 bits per heavy atom. The molecule has 4 aliphatic carbocycles. The molecular weight excluding hydrogens is 296 g/mol. The van der Waals surface area contributed by atoms with E-state index in [9.17, 15) is 10.2 Å². The number of aliphatic hydroxyl groups is 2. The van der Waals surface area contributed by atoms with E-state index in [0.717, 1.165) is 37.0 Å². The van der Waals surface area contributed by atoms with Crippen LogP contribution in [0.5, 0.6) is 0 Å². The van der Waals surface area contributed by atoms with Crippen molar-refractivity contribution in [1.82, 2.24) is 0 Å². The van der Waals surface area contributed by atoms with E-state index in [4.69, 9.17) is 0 Å². The molecule has 4 rings (SSSR count). The lowest BCUT2D eigenvalue weighted by Crippen LogP contribution is -2.58. The maximum absolute atomic E-state index is 11.1. The third-order valence-electron chi connectivity index (χ3n) is 9.53. The summed E-state index contributed by atoms with van der Waals surface area (Å²) in [5, 5.41) is 21.3. The first kappa shape index (κ1) is 17.3. The Balaban J connectivity index is 1.65. The number of fused-ring (bicyclic) bond motifs is 5. The van der Waals surface area contributed by atoms with Crippen LogP contribution in [0.3, 0.4) is 0 Å². The van der Waals surface area contributed by atoms with Crippen LogP contribution in [0.2, 0.25) is 0 Å². The van der Waals surface area contributed by atoms with Gasteiger partial charge in [0.05, 0.1) is 12.2 Å². The second-order valence-electron chi connectivity index (χ2n) is 10.7. The van der Waals surface area contributed by atoms with Gasteiger partial charge in [0.25, 0.3) is 0 Å². The SMILES string of the molecule is CC(C)[C@H]1CCC2[C@H]3C(CC[C@@]21C)[C@@]1(C)CCC(O)C[C@H]1C[C@@H]3O. The predicted octanol–water partition coefficient (Wildman–Crippen LogP) is 4.63. The predicted molar refractivity (Wildman–Crippen MR) is 97.5 cm³/mol. The summed E-state index contributed by atoms with van der Waals surface area (Å²) < 4.78 is 0. The van der Waals surface area contributed by atoms with Crippen molar-refractivity contribution in [3.63, 3.8) is 0 Å². The van der Waals surface area contributed by atoms with Gasteiger partial charge in [-0.2, -0.15) is 0 Å². The lowest BCUT2D eigenvalue weighted by molar-refractivity contribution is -0.174. The number of rotatable bonds is 1. The molecule has 2 N–H and O–H groups in total. The van der Waals surface area contributed by atoms with Gasteiger partial charge >= 0.3 is 0 Å². The summed E-state index contributed by atoms with van der Waals surface area (Å²) in [5.74, 6) is 4.07. The van der Waals surface area contributed by atoms with Crippen LogP contribution in [-0.4, -0.2) is 22.4 Å². The Morgan fingerprint density at radius 1 is 0.833 bits per heavy atom. The highest BCUT2D eigenvalue weighted by Crippen LogP contribution is 2.68. The van der Waals surface area contributed by atoms with Crippen LogP contribution >= 0.6 is 0 Å². The molecule has 0 spiro atoms. The van der Waals surface area contributed by atoms with Gasteiger partial charge in [-0.3, -0.25) is 0 Å². The minimum absolute atomic E-state index is 0.127. The quantitative estimate of drug-likeness (QED) is 0.734. The molecule has 0 aliphatic heterocycles. The van der Waals surface area contributed by atoms with Crippen LogP contribution in [-0.2, 0) is 0 Å². The van der Waals surface area contributed by atoms with Gasteiger partial charge in [0.1, 0.15) is 0 Å². The Morgan fingerprint density at radius 3 is 2.21 bits per heavy atom. The molecule has 4 saturated carbocycles. The van der Waals surface area contributed by atoms with Crippen molar-refractivity contribution in [2.24, 2.45) is 46.3 Å². The highest BCUT2D eigenvalue weighted by atomic mass is 16.3. The summed E-state index contributed by atoms with van der Waals surface area (Å²) in [5.41, 5.74) is 0.814. The summed E-state index contributed by atoms with van der Waals surface area (Å²) in [6.07, 6.45) is 9.12. The van der Waals surface area contributed by atoms with Crippen molar-refractivity contribution in [2.45, 2.75) is 91.3 Å². The van der Waals surface area contributed by atoms with E-state index >= 15 is 0 Å². The number of hydrogen-bond donors (Lipinski definition) is 2. The normalized spacial score (nSPS) is 57.4. The number of hydrogen-bond acceptors (Lipinski definition) is 2. The molecule has 0 bridgehead atoms. The van der Waals surface area contributed by atoms with Crippen molar-refractivity contribution in [3.05, 3.63) is 0 Å². The van der Waals surface area contributed by atoms with Crippen LogP contribution in [0.1, 0.15) is 79.1 Å². The van der Waals surface area contributed by atoms with Crippen molar-refractivity contribution >= 4 is 0 Å². The monoisotopic (exact) mass is 334 g/mol. The first-order valence-electron chi connectivity index (χ1n) is 10.6. The maximum Gasteiger partial charge on any atom is 0.0577 e. The van der Waals surface area contributed by atoms with Crippen LogP contribution in [0.25, 0.3) is 0 Å². The molecule has 4 fully saturated rings. The fourth-order valence-electron chi connectivity index (χ4n) is 8.34. The Labute approximate surface area is 148 Å². The van der Waals surface area contributed by atoms with E-state index in [-0.39, 0.29) is 12.2 Å². The van der Waals surface area contributed by atoms with Gasteiger partial charge in [0, 0.05) is 0 Å². The van der Waals surface area contributed by atoms with E-state index in [1.165, 1.54) is 32.1 Å². The van der Waals surface area contributed by atoms with Gasteiger partial charge in [-0.25, -0.2) is 0 Å². The minimum atomic E-state index is -0.131. The molecule has 3 unspecified atom stereocenters. The maximum atomic E-state index is 11.1. The highest BCUT2D eigenvalue weighted by Gasteiger charge is 2.62. The first-order chi connectivity index (χ1) is 11.3. The van der Waals surface area contributed by atoms with E-state index in [0.29, 0.717) is 28.6 Å². The van der Waals surface area contributed by atoms with Gasteiger partial charge in [0.15, 0.2) is 0 Å². The van der Waals surface area contributed by atoms with Crippen molar-refractivity contribution in [1.29, 1.82) is 0 Å². The van der Waals surface area contributed by atoms with E-state index in [2.05, 4.69) is 27.7 Å². The summed E-state index contributed by atoms with van der Waals surface area (Å²) in [4.78, 5) is 0. The molecule has 4 aliphatic rings. The lowest BCUT2D eigenvalue weighted by Gasteiger charge is -2.62. The molecule has 138 valence electrons. The second kappa shape index (κ2) is 5.71. The van der Waals surface area contributed by atoms with Crippen LogP contribution in [0.4, 0.5) is 0 Å². The van der Waals surface area contributed by atoms with Crippen molar-refractivity contribution < 1.29 is 10.2 Å². The van der Waals surface area contributed by atoms with E-state index < -0.39 is 0 Å². The second-order valence-corrected chi connectivity index (χ2v) is 10.7. The van der Waals surface area contributed by atoms with Crippen molar-refractivity contribution in [3.8, 4) is 0 Å². The zero-order valence-electron chi connectivity index (χ0n) is 16.2. The fourth-order valence-corrected chi connectivity index (χ4v) is 8.34. The molecule has 2 heteroatoms. The van der Waals surface area contributed by atoms with Gasteiger partial charge in [-0.05, 0) is 97.7 Å². The zero-order valence-corrected chi connectivity index (χ0v) is 16.2. The number of aliphatic hydroxyl groups excluding tert-OH is 2. The summed E-state index contributed by atoms with van der Waals surface area (Å²) in [7, 11) is 0. The summed E-state index contributed by atoms with van der Waals surface area (Å²) in [6.45, 7) is 9.87. The van der Waals surface area contributed by atoms with E-state index in [1.54, 1.807) is 0 Å². The molecule has 24 heavy (non-hydrogen) atoms. The third-order valence-corrected chi connectivity index (χ3v) is 9.53. The molecular formula is C22H38O2. The van der Waals surface area contributed by atoms with Gasteiger partial charge in [-0.1, -0.05) is 27.7 Å². The van der Waals surface area contributed by atoms with E-state index in [1.807, 2.05) is 0 Å². The summed E-state index contributed by atoms with van der Waals surface area (Å²) >= 11 is 0. The van der Waals surface area contributed by atoms with Crippen molar-refractivity contribution in [2.75, 3.05) is 0 Å². The van der Waals surface area contributed by atoms with Crippen LogP contribution < -0.4 is 0 Å². The third kappa shape index (κ3) is 2.28. The molecule has 0 heterocycles. The van der Waals surface area contributed by atoms with Crippen LogP contribution in [0, 0.1) is 46.3 Å². The zero-order chi connectivity index (χ0) is 17.3. The minimum Gasteiger partial charge on any atom is -0.393 e. The topological polar surface area (TPSA) is 40.5 Å². The van der Waals surface area contributed by atoms with Gasteiger partial charge in [-0.15, -0.1) is 0 Å². The first-order valence-corrected chi connectivity index (χ1v) is 10.6. The fraction of sp³-hybridized carbons (Fsp3) is 1.00. The van der Waals surface area contributed by atoms with Crippen LogP contribution in [0.15, 0.2) is 0 Å².